The van der Waals surface area contributed by atoms with Gasteiger partial charge in [0.1, 0.15) is 5.69 Å². The van der Waals surface area contributed by atoms with Crippen molar-refractivity contribution in [1.82, 2.24) is 15.3 Å². The zero-order chi connectivity index (χ0) is 20.8. The average Bonchev–Trinajstić information content (AvgIpc) is 2.70. The van der Waals surface area contributed by atoms with E-state index in [1.807, 2.05) is 38.1 Å². The molecule has 2 aromatic rings. The molecule has 1 aromatic carbocycles. The zero-order valence-electron chi connectivity index (χ0n) is 17.1. The van der Waals surface area contributed by atoms with Gasteiger partial charge in [-0.3, -0.25) is 4.79 Å². The molecule has 8 nitrogen and oxygen atoms in total. The molecule has 2 heterocycles. The van der Waals surface area contributed by atoms with Gasteiger partial charge in [-0.1, -0.05) is 12.1 Å². The number of hydrogen-bond acceptors (Lipinski definition) is 7. The molecule has 1 saturated heterocycles. The molecule has 154 valence electrons. The van der Waals surface area contributed by atoms with Gasteiger partial charge in [0.25, 0.3) is 0 Å². The Morgan fingerprint density at radius 2 is 1.97 bits per heavy atom. The Balaban J connectivity index is 1.97. The number of rotatable bonds is 7. The standard InChI is InChI=1S/C21H27N5O3/c1-14-12-26(13-15(2)29-14)20-19(24-17-7-4-5-8-18(17)25-20)16(11-22)21(27)23-9-6-10-28-3/h4-5,7-8,14-16H,6,9-10,12-13H2,1-3H3,(H,23,27)/t14-,15+,16-/m1/s1. The van der Waals surface area contributed by atoms with Crippen molar-refractivity contribution in [1.29, 1.82) is 5.26 Å². The summed E-state index contributed by atoms with van der Waals surface area (Å²) >= 11 is 0. The number of para-hydroxylation sites is 2. The van der Waals surface area contributed by atoms with Crippen molar-refractivity contribution in [2.24, 2.45) is 0 Å². The maximum absolute atomic E-state index is 12.8. The first-order chi connectivity index (χ1) is 14.0. The maximum atomic E-state index is 12.8. The Hall–Kier alpha value is -2.76. The number of fused-ring (bicyclic) bond motifs is 1. The number of carbonyl (C=O) groups is 1. The molecular weight excluding hydrogens is 370 g/mol. The van der Waals surface area contributed by atoms with Crippen molar-refractivity contribution < 1.29 is 14.3 Å². The van der Waals surface area contributed by atoms with Crippen molar-refractivity contribution in [2.45, 2.75) is 38.4 Å². The van der Waals surface area contributed by atoms with Crippen molar-refractivity contribution in [3.8, 4) is 6.07 Å². The van der Waals surface area contributed by atoms with Gasteiger partial charge in [0.15, 0.2) is 11.7 Å². The molecule has 1 aliphatic heterocycles. The van der Waals surface area contributed by atoms with E-state index in [0.717, 1.165) is 5.52 Å². The number of nitrogens with one attached hydrogen (secondary N) is 1. The lowest BCUT2D eigenvalue weighted by Crippen LogP contribution is -2.46. The van der Waals surface area contributed by atoms with Gasteiger partial charge >= 0.3 is 0 Å². The summed E-state index contributed by atoms with van der Waals surface area (Å²) in [6, 6.07) is 9.61. The van der Waals surface area contributed by atoms with Crippen LogP contribution >= 0.6 is 0 Å². The maximum Gasteiger partial charge on any atom is 0.243 e. The molecule has 0 bridgehead atoms. The fourth-order valence-electron chi connectivity index (χ4n) is 3.56. The number of carbonyl (C=O) groups excluding carboxylic acids is 1. The van der Waals surface area contributed by atoms with Crippen LogP contribution in [0.15, 0.2) is 24.3 Å². The van der Waals surface area contributed by atoms with Crippen LogP contribution in [-0.4, -0.2) is 61.4 Å². The molecule has 0 saturated carbocycles. The number of ether oxygens (including phenoxy) is 2. The second-order valence-corrected chi connectivity index (χ2v) is 7.28. The summed E-state index contributed by atoms with van der Waals surface area (Å²) in [5.41, 5.74) is 1.78. The van der Waals surface area contributed by atoms with Gasteiger partial charge < -0.3 is 19.7 Å². The SMILES string of the molecule is COCCCNC(=O)[C@H](C#N)c1nc2ccccc2nc1N1C[C@@H](C)O[C@@H](C)C1. The quantitative estimate of drug-likeness (QED) is 0.713. The van der Waals surface area contributed by atoms with E-state index in [9.17, 15) is 10.1 Å². The molecule has 0 radical (unpaired) electrons. The third-order valence-electron chi connectivity index (χ3n) is 4.79. The number of nitrogens with zero attached hydrogens (tertiary/aromatic N) is 4. The van der Waals surface area contributed by atoms with E-state index in [1.54, 1.807) is 7.11 Å². The number of morpholine rings is 1. The predicted octanol–water partition coefficient (Wildman–Crippen LogP) is 2.00. The topological polar surface area (TPSA) is 100 Å². The summed E-state index contributed by atoms with van der Waals surface area (Å²) in [7, 11) is 1.61. The minimum Gasteiger partial charge on any atom is -0.385 e. The summed E-state index contributed by atoms with van der Waals surface area (Å²) in [4.78, 5) is 24.3. The van der Waals surface area contributed by atoms with Gasteiger partial charge in [0.2, 0.25) is 5.91 Å². The van der Waals surface area contributed by atoms with Crippen molar-refractivity contribution in [2.75, 3.05) is 38.3 Å². The number of anilines is 1. The molecule has 3 rings (SSSR count). The van der Waals surface area contributed by atoms with E-state index >= 15 is 0 Å². The van der Waals surface area contributed by atoms with E-state index in [-0.39, 0.29) is 18.1 Å². The number of nitriles is 1. The lowest BCUT2D eigenvalue weighted by atomic mass is 10.0. The van der Waals surface area contributed by atoms with Gasteiger partial charge in [-0.05, 0) is 32.4 Å². The predicted molar refractivity (Wildman–Crippen MR) is 110 cm³/mol. The highest BCUT2D eigenvalue weighted by Gasteiger charge is 2.31. The van der Waals surface area contributed by atoms with Crippen molar-refractivity contribution in [3.63, 3.8) is 0 Å². The summed E-state index contributed by atoms with van der Waals surface area (Å²) < 4.78 is 10.8. The largest absolute Gasteiger partial charge is 0.385 e. The fraction of sp³-hybridized carbons (Fsp3) is 0.524. The second kappa shape index (κ2) is 9.63. The molecular formula is C21H27N5O3. The first kappa shape index (κ1) is 21.0. The van der Waals surface area contributed by atoms with Gasteiger partial charge in [-0.15, -0.1) is 0 Å². The lowest BCUT2D eigenvalue weighted by Gasteiger charge is -2.37. The van der Waals surface area contributed by atoms with Crippen LogP contribution in [0.4, 0.5) is 5.82 Å². The van der Waals surface area contributed by atoms with Gasteiger partial charge in [-0.2, -0.15) is 5.26 Å². The van der Waals surface area contributed by atoms with E-state index in [4.69, 9.17) is 14.5 Å². The van der Waals surface area contributed by atoms with Crippen LogP contribution in [0.3, 0.4) is 0 Å². The number of aromatic nitrogens is 2. The van der Waals surface area contributed by atoms with E-state index in [2.05, 4.69) is 21.3 Å². The van der Waals surface area contributed by atoms with Crippen LogP contribution in [0.25, 0.3) is 11.0 Å². The molecule has 1 aliphatic rings. The molecule has 0 spiro atoms. The van der Waals surface area contributed by atoms with Gasteiger partial charge in [0.05, 0.1) is 29.3 Å². The summed E-state index contributed by atoms with van der Waals surface area (Å²) in [6.07, 6.45) is 0.710. The van der Waals surface area contributed by atoms with Crippen LogP contribution in [-0.2, 0) is 14.3 Å². The highest BCUT2D eigenvalue weighted by Crippen LogP contribution is 2.29. The number of benzene rings is 1. The number of amides is 1. The van der Waals surface area contributed by atoms with E-state index in [1.165, 1.54) is 0 Å². The summed E-state index contributed by atoms with van der Waals surface area (Å²) in [5, 5.41) is 12.6. The summed E-state index contributed by atoms with van der Waals surface area (Å²) in [6.45, 7) is 6.23. The smallest absolute Gasteiger partial charge is 0.243 e. The van der Waals surface area contributed by atoms with E-state index in [0.29, 0.717) is 49.7 Å². The minimum atomic E-state index is -1.04. The third kappa shape index (κ3) is 5.00. The monoisotopic (exact) mass is 397 g/mol. The zero-order valence-corrected chi connectivity index (χ0v) is 17.1. The molecule has 8 heteroatoms. The lowest BCUT2D eigenvalue weighted by molar-refractivity contribution is -0.121. The molecule has 0 aliphatic carbocycles. The minimum absolute atomic E-state index is 0.0169. The third-order valence-corrected chi connectivity index (χ3v) is 4.79. The van der Waals surface area contributed by atoms with E-state index < -0.39 is 5.92 Å². The molecule has 3 atom stereocenters. The number of methoxy groups -OCH3 is 1. The Morgan fingerprint density at radius 3 is 2.59 bits per heavy atom. The van der Waals surface area contributed by atoms with Crippen LogP contribution in [0.1, 0.15) is 31.9 Å². The van der Waals surface area contributed by atoms with Gasteiger partial charge in [-0.25, -0.2) is 9.97 Å². The average molecular weight is 397 g/mol. The Kier molecular flexibility index (Phi) is 6.96. The van der Waals surface area contributed by atoms with Crippen molar-refractivity contribution in [3.05, 3.63) is 30.0 Å². The highest BCUT2D eigenvalue weighted by molar-refractivity contribution is 5.88. The molecule has 1 fully saturated rings. The normalized spacial score (nSPS) is 20.3. The Bertz CT molecular complexity index is 888. The molecule has 0 unspecified atom stereocenters. The fourth-order valence-corrected chi connectivity index (χ4v) is 3.56. The molecule has 1 aromatic heterocycles. The number of hydrogen-bond donors (Lipinski definition) is 1. The van der Waals surface area contributed by atoms with Crippen molar-refractivity contribution >= 4 is 22.8 Å². The molecule has 1 amide bonds. The Morgan fingerprint density at radius 1 is 1.31 bits per heavy atom. The van der Waals surface area contributed by atoms with Gasteiger partial charge in [0, 0.05) is 33.4 Å². The molecule has 1 N–H and O–H groups in total. The summed E-state index contributed by atoms with van der Waals surface area (Å²) in [5.74, 6) is -0.841. The first-order valence-corrected chi connectivity index (χ1v) is 9.86. The Labute approximate surface area is 170 Å². The van der Waals surface area contributed by atoms with Crippen LogP contribution in [0, 0.1) is 11.3 Å². The highest BCUT2D eigenvalue weighted by atomic mass is 16.5. The van der Waals surface area contributed by atoms with Crippen LogP contribution in [0.5, 0.6) is 0 Å². The molecule has 29 heavy (non-hydrogen) atoms. The van der Waals surface area contributed by atoms with Crippen LogP contribution in [0.2, 0.25) is 0 Å². The second-order valence-electron chi connectivity index (χ2n) is 7.28. The first-order valence-electron chi connectivity index (χ1n) is 9.86. The van der Waals surface area contributed by atoms with Crippen LogP contribution < -0.4 is 10.2 Å².